The van der Waals surface area contributed by atoms with Crippen LogP contribution in [0.15, 0.2) is 22.6 Å². The summed E-state index contributed by atoms with van der Waals surface area (Å²) in [6, 6.07) is 3.27. The molecule has 0 bridgehead atoms. The van der Waals surface area contributed by atoms with Crippen LogP contribution in [0.25, 0.3) is 0 Å². The second-order valence-corrected chi connectivity index (χ2v) is 2.81. The van der Waals surface area contributed by atoms with Gasteiger partial charge in [0.15, 0.2) is 0 Å². The van der Waals surface area contributed by atoms with Crippen molar-refractivity contribution in [3.05, 3.63) is 39.7 Å². The molecule has 0 aliphatic rings. The Labute approximate surface area is 85.2 Å². The van der Waals surface area contributed by atoms with Crippen LogP contribution in [-0.4, -0.2) is 10.6 Å². The normalized spacial score (nSPS) is 11.5. The summed E-state index contributed by atoms with van der Waals surface area (Å²) in [6.45, 7) is 1.52. The maximum atomic E-state index is 13.1. The fraction of sp³-hybridized carbons (Fsp3) is 0.125. The Morgan fingerprint density at radius 1 is 1.64 bits per heavy atom. The van der Waals surface area contributed by atoms with Gasteiger partial charge in [-0.25, -0.2) is 8.79 Å². The molecule has 0 unspecified atom stereocenters. The first kappa shape index (κ1) is 10.6. The van der Waals surface area contributed by atoms with Gasteiger partial charge < -0.3 is 0 Å². The van der Waals surface area contributed by atoms with Crippen molar-refractivity contribution < 1.29 is 9.31 Å². The van der Waals surface area contributed by atoms with Gasteiger partial charge in [0.05, 0.1) is 10.6 Å². The van der Waals surface area contributed by atoms with Gasteiger partial charge in [0.1, 0.15) is 5.82 Å². The molecule has 0 aliphatic carbocycles. The number of nitro benzene ring substituents is 1. The zero-order valence-electron chi connectivity index (χ0n) is 7.27. The Hall–Kier alpha value is -1.43. The first-order valence-electron chi connectivity index (χ1n) is 3.69. The molecule has 0 heterocycles. The van der Waals surface area contributed by atoms with Gasteiger partial charge in [0.25, 0.3) is 5.69 Å². The molecule has 0 amide bonds. The van der Waals surface area contributed by atoms with E-state index in [1.807, 2.05) is 0 Å². The lowest BCUT2D eigenvalue weighted by Gasteiger charge is -2.00. The molecule has 0 saturated heterocycles. The van der Waals surface area contributed by atoms with Crippen LogP contribution in [0.5, 0.6) is 0 Å². The summed E-state index contributed by atoms with van der Waals surface area (Å²) in [7, 11) is 0. The largest absolute Gasteiger partial charge is 0.270 e. The van der Waals surface area contributed by atoms with Crippen LogP contribution in [0.4, 0.5) is 10.1 Å². The maximum Gasteiger partial charge on any atom is 0.270 e. The highest BCUT2D eigenvalue weighted by molar-refractivity contribution is 7.79. The number of nitrogens with zero attached hydrogens (tertiary/aromatic N) is 2. The summed E-state index contributed by atoms with van der Waals surface area (Å²) >= 11 is 3.61. The molecule has 1 rings (SSSR count). The molecule has 0 atom stereocenters. The van der Waals surface area contributed by atoms with Gasteiger partial charge in [-0.3, -0.25) is 10.1 Å². The van der Waals surface area contributed by atoms with Gasteiger partial charge in [-0.15, -0.1) is 0 Å². The van der Waals surface area contributed by atoms with Gasteiger partial charge in [-0.05, 0) is 25.8 Å². The van der Waals surface area contributed by atoms with Crippen molar-refractivity contribution >= 4 is 24.2 Å². The summed E-state index contributed by atoms with van der Waals surface area (Å²) in [5.41, 5.74) is 0.224. The summed E-state index contributed by atoms with van der Waals surface area (Å²) in [5.74, 6) is -0.550. The molecule has 4 nitrogen and oxygen atoms in total. The molecule has 0 N–H and O–H groups in total. The summed E-state index contributed by atoms with van der Waals surface area (Å²) < 4.78 is 16.6. The standard InChI is InChI=1S/C8H7FN2O2S/c1-5(10-14)7-4-6(11(12)13)2-3-8(7)9/h2-4,14H,1H3. The third-order valence-corrected chi connectivity index (χ3v) is 2.00. The second kappa shape index (κ2) is 4.19. The van der Waals surface area contributed by atoms with E-state index in [-0.39, 0.29) is 11.3 Å². The van der Waals surface area contributed by atoms with Crippen molar-refractivity contribution in [2.45, 2.75) is 6.92 Å². The first-order chi connectivity index (χ1) is 6.56. The van der Waals surface area contributed by atoms with Crippen LogP contribution in [-0.2, 0) is 0 Å². The lowest BCUT2D eigenvalue weighted by Crippen LogP contribution is -1.99. The lowest BCUT2D eigenvalue weighted by molar-refractivity contribution is -0.384. The van der Waals surface area contributed by atoms with E-state index in [0.717, 1.165) is 18.2 Å². The zero-order chi connectivity index (χ0) is 10.7. The van der Waals surface area contributed by atoms with E-state index >= 15 is 0 Å². The number of nitro groups is 1. The molecule has 6 heteroatoms. The summed E-state index contributed by atoms with van der Waals surface area (Å²) in [5, 5.41) is 10.4. The highest BCUT2D eigenvalue weighted by atomic mass is 32.1. The maximum absolute atomic E-state index is 13.1. The van der Waals surface area contributed by atoms with E-state index in [4.69, 9.17) is 0 Å². The Morgan fingerprint density at radius 2 is 2.29 bits per heavy atom. The van der Waals surface area contributed by atoms with Crippen LogP contribution in [0, 0.1) is 15.9 Å². The number of hydrogen-bond acceptors (Lipinski definition) is 4. The Bertz CT molecular complexity index is 406. The molecular formula is C8H7FN2O2S. The molecule has 0 aromatic heterocycles. The number of non-ortho nitro benzene ring substituents is 1. The minimum absolute atomic E-state index is 0.0919. The predicted molar refractivity (Wildman–Crippen MR) is 54.3 cm³/mol. The fourth-order valence-corrected chi connectivity index (χ4v) is 1.07. The van der Waals surface area contributed by atoms with E-state index in [9.17, 15) is 14.5 Å². The lowest BCUT2D eigenvalue weighted by atomic mass is 10.1. The zero-order valence-corrected chi connectivity index (χ0v) is 8.16. The molecular weight excluding hydrogens is 207 g/mol. The highest BCUT2D eigenvalue weighted by Gasteiger charge is 2.12. The van der Waals surface area contributed by atoms with Gasteiger partial charge in [0, 0.05) is 17.7 Å². The first-order valence-corrected chi connectivity index (χ1v) is 4.09. The van der Waals surface area contributed by atoms with Crippen molar-refractivity contribution in [2.75, 3.05) is 0 Å². The van der Waals surface area contributed by atoms with Crippen molar-refractivity contribution in [3.8, 4) is 0 Å². The van der Waals surface area contributed by atoms with Crippen molar-refractivity contribution in [3.63, 3.8) is 0 Å². The number of rotatable bonds is 2. The van der Waals surface area contributed by atoms with Crippen LogP contribution in [0.2, 0.25) is 0 Å². The van der Waals surface area contributed by atoms with E-state index < -0.39 is 10.7 Å². The summed E-state index contributed by atoms with van der Waals surface area (Å²) in [4.78, 5) is 9.81. The van der Waals surface area contributed by atoms with E-state index in [2.05, 4.69) is 17.2 Å². The molecule has 0 radical (unpaired) electrons. The molecule has 14 heavy (non-hydrogen) atoms. The SMILES string of the molecule is CC(=NS)c1cc([N+](=O)[O-])ccc1F. The van der Waals surface area contributed by atoms with Crippen LogP contribution in [0.1, 0.15) is 12.5 Å². The van der Waals surface area contributed by atoms with Crippen LogP contribution in [0.3, 0.4) is 0 Å². The highest BCUT2D eigenvalue weighted by Crippen LogP contribution is 2.17. The monoisotopic (exact) mass is 214 g/mol. The van der Waals surface area contributed by atoms with E-state index in [1.54, 1.807) is 0 Å². The average molecular weight is 214 g/mol. The Kier molecular flexibility index (Phi) is 3.19. The third-order valence-electron chi connectivity index (χ3n) is 1.70. The van der Waals surface area contributed by atoms with Gasteiger partial charge >= 0.3 is 0 Å². The molecule has 74 valence electrons. The fourth-order valence-electron chi connectivity index (χ4n) is 0.958. The van der Waals surface area contributed by atoms with Crippen molar-refractivity contribution in [2.24, 2.45) is 4.40 Å². The number of hydrogen-bond donors (Lipinski definition) is 1. The second-order valence-electron chi connectivity index (χ2n) is 2.61. The van der Waals surface area contributed by atoms with Crippen molar-refractivity contribution in [1.29, 1.82) is 0 Å². The Balaban J connectivity index is 3.28. The molecule has 0 aliphatic heterocycles. The van der Waals surface area contributed by atoms with E-state index in [0.29, 0.717) is 5.71 Å². The van der Waals surface area contributed by atoms with Gasteiger partial charge in [-0.1, -0.05) is 0 Å². The third kappa shape index (κ3) is 2.08. The van der Waals surface area contributed by atoms with Gasteiger partial charge in [-0.2, -0.15) is 0 Å². The topological polar surface area (TPSA) is 55.5 Å². The number of benzene rings is 1. The Morgan fingerprint density at radius 3 is 2.79 bits per heavy atom. The van der Waals surface area contributed by atoms with Gasteiger partial charge in [0.2, 0.25) is 0 Å². The summed E-state index contributed by atoms with van der Waals surface area (Å²) in [6.07, 6.45) is 0. The molecule has 0 saturated carbocycles. The number of thiol groups is 1. The molecule has 0 spiro atoms. The molecule has 0 fully saturated rings. The predicted octanol–water partition coefficient (Wildman–Crippen LogP) is 2.39. The van der Waals surface area contributed by atoms with Crippen molar-refractivity contribution in [1.82, 2.24) is 0 Å². The average Bonchev–Trinajstić information content (AvgIpc) is 2.17. The molecule has 1 aromatic carbocycles. The quantitative estimate of drug-likeness (QED) is 0.355. The van der Waals surface area contributed by atoms with Crippen LogP contribution < -0.4 is 0 Å². The van der Waals surface area contributed by atoms with Crippen LogP contribution >= 0.6 is 12.8 Å². The molecule has 1 aromatic rings. The number of halogens is 1. The van der Waals surface area contributed by atoms with E-state index in [1.165, 1.54) is 6.92 Å². The smallest absolute Gasteiger partial charge is 0.258 e. The minimum Gasteiger partial charge on any atom is -0.258 e. The minimum atomic E-state index is -0.589.